The summed E-state index contributed by atoms with van der Waals surface area (Å²) >= 11 is 0. The summed E-state index contributed by atoms with van der Waals surface area (Å²) in [6, 6.07) is 3.98. The second kappa shape index (κ2) is 7.28. The molecule has 2 bridgehead atoms. The number of halogens is 2. The number of hydrogen-bond donors (Lipinski definition) is 1. The maximum Gasteiger partial charge on any atom is 0.325 e. The average molecular weight is 389 g/mol. The first-order valence-electron chi connectivity index (χ1n) is 9.88. The van der Waals surface area contributed by atoms with E-state index in [4.69, 9.17) is 0 Å². The van der Waals surface area contributed by atoms with Crippen molar-refractivity contribution in [3.63, 3.8) is 0 Å². The standard InChI is InChI=1S/C21H25F2N3O2/c1-2-3-4-9-25-19(27)21(24-20(25)28)11-15-6-7-16(12-21)26(15)13-14-5-8-17(22)18(23)10-14/h2,5,8,10,15-16H,1,3-4,6-7,9,11-13H2,(H,24,28). The SMILES string of the molecule is C=CCCCN1C(=O)NC2(CC3CCC(C2)N3Cc2ccc(F)c(F)c2)C1=O. The maximum absolute atomic E-state index is 13.6. The molecule has 2 unspecified atom stereocenters. The lowest BCUT2D eigenvalue weighted by atomic mass is 9.82. The third-order valence-electron chi connectivity index (χ3n) is 6.32. The Morgan fingerprint density at radius 1 is 1.18 bits per heavy atom. The molecular weight excluding hydrogens is 364 g/mol. The average Bonchev–Trinajstić information content (AvgIpc) is 3.02. The molecule has 5 nitrogen and oxygen atoms in total. The van der Waals surface area contributed by atoms with E-state index < -0.39 is 17.2 Å². The molecule has 0 saturated carbocycles. The lowest BCUT2D eigenvalue weighted by Gasteiger charge is -2.43. The summed E-state index contributed by atoms with van der Waals surface area (Å²) in [5.74, 6) is -1.81. The molecule has 3 aliphatic heterocycles. The van der Waals surface area contributed by atoms with Gasteiger partial charge in [0, 0.05) is 25.2 Å². The number of piperidine rings is 1. The van der Waals surface area contributed by atoms with Gasteiger partial charge in [0.1, 0.15) is 5.54 Å². The Balaban J connectivity index is 1.47. The fourth-order valence-corrected chi connectivity index (χ4v) is 5.00. The van der Waals surface area contributed by atoms with Crippen LogP contribution in [0.15, 0.2) is 30.9 Å². The van der Waals surface area contributed by atoms with Gasteiger partial charge in [0.25, 0.3) is 5.91 Å². The van der Waals surface area contributed by atoms with Crippen LogP contribution in [0.3, 0.4) is 0 Å². The first kappa shape index (κ1) is 19.1. The second-order valence-electron chi connectivity index (χ2n) is 8.11. The minimum absolute atomic E-state index is 0.120. The largest absolute Gasteiger partial charge is 0.325 e. The normalized spacial score (nSPS) is 29.6. The van der Waals surface area contributed by atoms with Gasteiger partial charge in [0.2, 0.25) is 0 Å². The van der Waals surface area contributed by atoms with E-state index in [9.17, 15) is 18.4 Å². The molecule has 1 spiro atoms. The summed E-state index contributed by atoms with van der Waals surface area (Å²) < 4.78 is 26.7. The number of fused-ring (bicyclic) bond motifs is 2. The van der Waals surface area contributed by atoms with E-state index in [-0.39, 0.29) is 24.0 Å². The Bertz CT molecular complexity index is 799. The summed E-state index contributed by atoms with van der Waals surface area (Å²) in [6.07, 6.45) is 6.27. The highest BCUT2D eigenvalue weighted by atomic mass is 19.2. The first-order valence-corrected chi connectivity index (χ1v) is 9.88. The van der Waals surface area contributed by atoms with Crippen molar-refractivity contribution in [1.82, 2.24) is 15.1 Å². The molecule has 7 heteroatoms. The Morgan fingerprint density at radius 3 is 2.54 bits per heavy atom. The fourth-order valence-electron chi connectivity index (χ4n) is 5.00. The molecule has 3 heterocycles. The molecule has 1 N–H and O–H groups in total. The number of allylic oxidation sites excluding steroid dienone is 1. The predicted octanol–water partition coefficient (Wildman–Crippen LogP) is 3.35. The van der Waals surface area contributed by atoms with Gasteiger partial charge < -0.3 is 5.32 Å². The van der Waals surface area contributed by atoms with E-state index in [1.54, 1.807) is 12.1 Å². The highest BCUT2D eigenvalue weighted by Crippen LogP contribution is 2.44. The van der Waals surface area contributed by atoms with Crippen LogP contribution in [0.2, 0.25) is 0 Å². The molecule has 0 aromatic heterocycles. The van der Waals surface area contributed by atoms with Crippen LogP contribution in [-0.2, 0) is 11.3 Å². The first-order chi connectivity index (χ1) is 13.4. The van der Waals surface area contributed by atoms with Gasteiger partial charge >= 0.3 is 6.03 Å². The van der Waals surface area contributed by atoms with Crippen LogP contribution in [0.25, 0.3) is 0 Å². The minimum Gasteiger partial charge on any atom is -0.323 e. The summed E-state index contributed by atoms with van der Waals surface area (Å²) in [4.78, 5) is 29.1. The lowest BCUT2D eigenvalue weighted by Crippen LogP contribution is -2.58. The zero-order valence-electron chi connectivity index (χ0n) is 15.8. The number of hydrogen-bond acceptors (Lipinski definition) is 3. The van der Waals surface area contributed by atoms with Crippen molar-refractivity contribution in [3.05, 3.63) is 48.1 Å². The molecule has 28 heavy (non-hydrogen) atoms. The Hall–Kier alpha value is -2.28. The quantitative estimate of drug-likeness (QED) is 0.461. The number of carbonyl (C=O) groups is 2. The molecule has 1 aromatic carbocycles. The zero-order valence-corrected chi connectivity index (χ0v) is 15.8. The predicted molar refractivity (Wildman–Crippen MR) is 100 cm³/mol. The number of urea groups is 1. The summed E-state index contributed by atoms with van der Waals surface area (Å²) in [7, 11) is 0. The number of benzene rings is 1. The minimum atomic E-state index is -0.847. The Labute approximate surface area is 163 Å². The molecule has 2 atom stereocenters. The smallest absolute Gasteiger partial charge is 0.323 e. The van der Waals surface area contributed by atoms with E-state index in [0.29, 0.717) is 32.4 Å². The number of carbonyl (C=O) groups excluding carboxylic acids is 2. The van der Waals surface area contributed by atoms with Gasteiger partial charge in [-0.2, -0.15) is 0 Å². The maximum atomic E-state index is 13.6. The third kappa shape index (κ3) is 3.21. The van der Waals surface area contributed by atoms with Gasteiger partial charge in [-0.15, -0.1) is 6.58 Å². The molecule has 0 aliphatic carbocycles. The molecule has 3 saturated heterocycles. The van der Waals surface area contributed by atoms with Gasteiger partial charge in [0.05, 0.1) is 0 Å². The molecule has 3 fully saturated rings. The van der Waals surface area contributed by atoms with Crippen LogP contribution in [0.1, 0.15) is 44.1 Å². The van der Waals surface area contributed by atoms with Crippen LogP contribution in [0, 0.1) is 11.6 Å². The van der Waals surface area contributed by atoms with E-state index in [0.717, 1.165) is 30.9 Å². The highest BCUT2D eigenvalue weighted by Gasteiger charge is 2.58. The molecule has 3 amide bonds. The Kier molecular flexibility index (Phi) is 4.95. The number of amides is 3. The van der Waals surface area contributed by atoms with Gasteiger partial charge in [0.15, 0.2) is 11.6 Å². The third-order valence-corrected chi connectivity index (χ3v) is 6.32. The van der Waals surface area contributed by atoms with Crippen LogP contribution in [0.4, 0.5) is 13.6 Å². The second-order valence-corrected chi connectivity index (χ2v) is 8.11. The van der Waals surface area contributed by atoms with Crippen molar-refractivity contribution in [2.45, 2.75) is 62.7 Å². The van der Waals surface area contributed by atoms with E-state index >= 15 is 0 Å². The van der Waals surface area contributed by atoms with Crippen molar-refractivity contribution in [1.29, 1.82) is 0 Å². The van der Waals surface area contributed by atoms with Crippen molar-refractivity contribution in [2.24, 2.45) is 0 Å². The summed E-state index contributed by atoms with van der Waals surface area (Å²) in [5, 5.41) is 2.97. The van der Waals surface area contributed by atoms with Crippen molar-refractivity contribution < 1.29 is 18.4 Å². The Morgan fingerprint density at radius 2 is 1.89 bits per heavy atom. The number of nitrogens with one attached hydrogen (secondary N) is 1. The van der Waals surface area contributed by atoms with E-state index in [1.165, 1.54) is 11.0 Å². The van der Waals surface area contributed by atoms with Gasteiger partial charge in [-0.3, -0.25) is 14.6 Å². The molecule has 1 aromatic rings. The monoisotopic (exact) mass is 389 g/mol. The number of imide groups is 1. The van der Waals surface area contributed by atoms with Crippen LogP contribution >= 0.6 is 0 Å². The fraction of sp³-hybridized carbons (Fsp3) is 0.524. The van der Waals surface area contributed by atoms with Crippen LogP contribution in [0.5, 0.6) is 0 Å². The van der Waals surface area contributed by atoms with Crippen LogP contribution < -0.4 is 5.32 Å². The summed E-state index contributed by atoms with van der Waals surface area (Å²) in [6.45, 7) is 4.60. The van der Waals surface area contributed by atoms with E-state index in [1.807, 2.05) is 0 Å². The molecule has 4 rings (SSSR count). The topological polar surface area (TPSA) is 52.7 Å². The highest BCUT2D eigenvalue weighted by molar-refractivity contribution is 6.07. The van der Waals surface area contributed by atoms with Crippen LogP contribution in [-0.4, -0.2) is 45.9 Å². The van der Waals surface area contributed by atoms with Gasteiger partial charge in [-0.1, -0.05) is 12.1 Å². The van der Waals surface area contributed by atoms with E-state index in [2.05, 4.69) is 16.8 Å². The number of nitrogens with zero attached hydrogens (tertiary/aromatic N) is 2. The van der Waals surface area contributed by atoms with Gasteiger partial charge in [-0.25, -0.2) is 13.6 Å². The summed E-state index contributed by atoms with van der Waals surface area (Å²) in [5.41, 5.74) is -0.0960. The molecular formula is C21H25F2N3O2. The molecule has 150 valence electrons. The van der Waals surface area contributed by atoms with Crippen molar-refractivity contribution >= 4 is 11.9 Å². The number of rotatable bonds is 6. The van der Waals surface area contributed by atoms with Crippen molar-refractivity contribution in [3.8, 4) is 0 Å². The van der Waals surface area contributed by atoms with Gasteiger partial charge in [-0.05, 0) is 56.2 Å². The molecule has 0 radical (unpaired) electrons. The van der Waals surface area contributed by atoms with Crippen molar-refractivity contribution in [2.75, 3.05) is 6.54 Å². The number of unbranched alkanes of at least 4 members (excludes halogenated alkanes) is 1. The lowest BCUT2D eigenvalue weighted by molar-refractivity contribution is -0.134. The zero-order chi connectivity index (χ0) is 19.9. The molecule has 3 aliphatic rings.